The number of aldehydes is 2. The summed E-state index contributed by atoms with van der Waals surface area (Å²) >= 11 is 9.76. The van der Waals surface area contributed by atoms with E-state index in [1.807, 2.05) is 24.3 Å². The number of alkyl halides is 2. The molecule has 0 aliphatic heterocycles. The molecule has 6 heteroatoms. The van der Waals surface area contributed by atoms with Gasteiger partial charge in [-0.2, -0.15) is 0 Å². The number of carbonyl (C=O) groups excluding carboxylic acids is 2. The van der Waals surface area contributed by atoms with Gasteiger partial charge in [0.15, 0.2) is 0 Å². The Labute approximate surface area is 129 Å². The fourth-order valence-electron chi connectivity index (χ4n) is 1.40. The van der Waals surface area contributed by atoms with E-state index in [0.717, 1.165) is 32.1 Å². The Morgan fingerprint density at radius 2 is 1.22 bits per heavy atom. The Balaban J connectivity index is 2.26. The van der Waals surface area contributed by atoms with E-state index in [2.05, 4.69) is 31.9 Å². The second-order valence-corrected chi connectivity index (χ2v) is 7.68. The highest BCUT2D eigenvalue weighted by Crippen LogP contribution is 2.39. The standard InChI is InChI=1S/C12H8Br2O2S2/c13-7(5-15)9-1-3-11(17-9)12-4-2-10(18-12)8(14)6-16/h1-8H. The van der Waals surface area contributed by atoms with Gasteiger partial charge in [0.1, 0.15) is 22.2 Å². The Morgan fingerprint density at radius 3 is 1.56 bits per heavy atom. The zero-order chi connectivity index (χ0) is 13.1. The third-order valence-corrected chi connectivity index (χ3v) is 6.84. The minimum Gasteiger partial charge on any atom is -0.302 e. The van der Waals surface area contributed by atoms with Crippen LogP contribution in [0.4, 0.5) is 0 Å². The van der Waals surface area contributed by atoms with Crippen molar-refractivity contribution >= 4 is 67.1 Å². The van der Waals surface area contributed by atoms with Crippen molar-refractivity contribution in [3.05, 3.63) is 34.0 Å². The molecule has 0 aliphatic rings. The molecule has 0 saturated heterocycles. The van der Waals surface area contributed by atoms with E-state index in [1.165, 1.54) is 0 Å². The summed E-state index contributed by atoms with van der Waals surface area (Å²) in [7, 11) is 0. The fraction of sp³-hybridized carbons (Fsp3) is 0.167. The number of rotatable bonds is 5. The number of thiophene rings is 2. The molecule has 2 aromatic rings. The van der Waals surface area contributed by atoms with Crippen LogP contribution in [0.1, 0.15) is 19.4 Å². The summed E-state index contributed by atoms with van der Waals surface area (Å²) in [5.41, 5.74) is 0. The van der Waals surface area contributed by atoms with Crippen LogP contribution in [0.2, 0.25) is 0 Å². The summed E-state index contributed by atoms with van der Waals surface area (Å²) < 4.78 is 0. The van der Waals surface area contributed by atoms with Crippen molar-refractivity contribution < 1.29 is 9.59 Å². The molecule has 0 saturated carbocycles. The van der Waals surface area contributed by atoms with Crippen molar-refractivity contribution in [1.82, 2.24) is 0 Å². The molecule has 0 bridgehead atoms. The minimum atomic E-state index is -0.241. The molecular formula is C12H8Br2O2S2. The predicted octanol–water partition coefficient (Wildman–Crippen LogP) is 4.75. The quantitative estimate of drug-likeness (QED) is 0.529. The lowest BCUT2D eigenvalue weighted by Crippen LogP contribution is -1.83. The molecule has 2 aromatic heterocycles. The zero-order valence-electron chi connectivity index (χ0n) is 9.01. The van der Waals surface area contributed by atoms with Crippen LogP contribution in [0.25, 0.3) is 9.75 Å². The molecule has 2 heterocycles. The Hall–Kier alpha value is -0.300. The van der Waals surface area contributed by atoms with E-state index in [0.29, 0.717) is 0 Å². The molecule has 2 rings (SSSR count). The lowest BCUT2D eigenvalue weighted by molar-refractivity contribution is -0.108. The molecule has 0 radical (unpaired) electrons. The molecule has 2 nitrogen and oxygen atoms in total. The first-order valence-electron chi connectivity index (χ1n) is 5.04. The summed E-state index contributed by atoms with van der Waals surface area (Å²) in [6, 6.07) is 7.88. The molecule has 18 heavy (non-hydrogen) atoms. The van der Waals surface area contributed by atoms with Gasteiger partial charge >= 0.3 is 0 Å². The van der Waals surface area contributed by atoms with Gasteiger partial charge in [0, 0.05) is 19.5 Å². The molecular weight excluding hydrogens is 400 g/mol. The van der Waals surface area contributed by atoms with Crippen molar-refractivity contribution in [2.45, 2.75) is 9.65 Å². The Kier molecular flexibility index (Phi) is 4.89. The SMILES string of the molecule is O=CC(Br)c1ccc(-c2ccc(C(Br)C=O)s2)s1. The number of hydrogen-bond donors (Lipinski definition) is 0. The maximum atomic E-state index is 10.7. The maximum absolute atomic E-state index is 10.7. The van der Waals surface area contributed by atoms with Gasteiger partial charge in [0.05, 0.1) is 0 Å². The Bertz CT molecular complexity index is 512. The first-order chi connectivity index (χ1) is 8.65. The maximum Gasteiger partial charge on any atom is 0.138 e. The third kappa shape index (κ3) is 2.99. The average Bonchev–Trinajstić information content (AvgIpc) is 3.04. The molecule has 0 aliphatic carbocycles. The Morgan fingerprint density at radius 1 is 0.833 bits per heavy atom. The lowest BCUT2D eigenvalue weighted by Gasteiger charge is -1.96. The van der Waals surface area contributed by atoms with Gasteiger partial charge in [-0.3, -0.25) is 0 Å². The molecule has 0 amide bonds. The predicted molar refractivity (Wildman–Crippen MR) is 83.1 cm³/mol. The number of hydrogen-bond acceptors (Lipinski definition) is 4. The molecule has 0 aromatic carbocycles. The van der Waals surface area contributed by atoms with Crippen molar-refractivity contribution in [2.24, 2.45) is 0 Å². The summed E-state index contributed by atoms with van der Waals surface area (Å²) in [6.07, 6.45) is 1.74. The van der Waals surface area contributed by atoms with E-state index < -0.39 is 0 Å². The first-order valence-corrected chi connectivity index (χ1v) is 8.50. The van der Waals surface area contributed by atoms with Crippen molar-refractivity contribution in [2.75, 3.05) is 0 Å². The summed E-state index contributed by atoms with van der Waals surface area (Å²) in [6.45, 7) is 0. The number of halogens is 2. The van der Waals surface area contributed by atoms with Gasteiger partial charge in [-0.25, -0.2) is 0 Å². The van der Waals surface area contributed by atoms with Gasteiger partial charge in [-0.1, -0.05) is 31.9 Å². The van der Waals surface area contributed by atoms with Crippen molar-refractivity contribution in [3.8, 4) is 9.75 Å². The van der Waals surface area contributed by atoms with E-state index in [-0.39, 0.29) is 9.65 Å². The van der Waals surface area contributed by atoms with Crippen LogP contribution in [0.15, 0.2) is 24.3 Å². The highest BCUT2D eigenvalue weighted by molar-refractivity contribution is 9.09. The lowest BCUT2D eigenvalue weighted by atomic mass is 10.3. The van der Waals surface area contributed by atoms with Gasteiger partial charge in [-0.15, -0.1) is 22.7 Å². The van der Waals surface area contributed by atoms with E-state index in [4.69, 9.17) is 0 Å². The van der Waals surface area contributed by atoms with Gasteiger partial charge < -0.3 is 9.59 Å². The van der Waals surface area contributed by atoms with E-state index in [9.17, 15) is 9.59 Å². The van der Waals surface area contributed by atoms with Crippen molar-refractivity contribution in [1.29, 1.82) is 0 Å². The van der Waals surface area contributed by atoms with Crippen LogP contribution in [0, 0.1) is 0 Å². The summed E-state index contributed by atoms with van der Waals surface area (Å²) in [5, 5.41) is 0. The van der Waals surface area contributed by atoms with Crippen LogP contribution < -0.4 is 0 Å². The molecule has 0 N–H and O–H groups in total. The van der Waals surface area contributed by atoms with Crippen LogP contribution in [0.3, 0.4) is 0 Å². The normalized spacial score (nSPS) is 14.1. The van der Waals surface area contributed by atoms with Crippen LogP contribution in [0.5, 0.6) is 0 Å². The highest BCUT2D eigenvalue weighted by Gasteiger charge is 2.13. The van der Waals surface area contributed by atoms with E-state index in [1.54, 1.807) is 22.7 Å². The molecule has 2 atom stereocenters. The zero-order valence-corrected chi connectivity index (χ0v) is 13.8. The van der Waals surface area contributed by atoms with Gasteiger partial charge in [0.2, 0.25) is 0 Å². The van der Waals surface area contributed by atoms with Crippen LogP contribution in [-0.4, -0.2) is 12.6 Å². The third-order valence-electron chi connectivity index (χ3n) is 2.28. The first kappa shape index (κ1) is 14.1. The smallest absolute Gasteiger partial charge is 0.138 e. The van der Waals surface area contributed by atoms with Crippen molar-refractivity contribution in [3.63, 3.8) is 0 Å². The van der Waals surface area contributed by atoms with Crippen LogP contribution in [-0.2, 0) is 9.59 Å². The molecule has 0 spiro atoms. The van der Waals surface area contributed by atoms with Gasteiger partial charge in [-0.05, 0) is 24.3 Å². The molecule has 2 unspecified atom stereocenters. The summed E-state index contributed by atoms with van der Waals surface area (Å²) in [5.74, 6) is 0. The summed E-state index contributed by atoms with van der Waals surface area (Å²) in [4.78, 5) is 25.1. The molecule has 94 valence electrons. The largest absolute Gasteiger partial charge is 0.302 e. The average molecular weight is 408 g/mol. The number of carbonyl (C=O) groups is 2. The topological polar surface area (TPSA) is 34.1 Å². The highest BCUT2D eigenvalue weighted by atomic mass is 79.9. The van der Waals surface area contributed by atoms with E-state index >= 15 is 0 Å². The monoisotopic (exact) mass is 406 g/mol. The van der Waals surface area contributed by atoms with Crippen LogP contribution >= 0.6 is 54.5 Å². The second kappa shape index (κ2) is 6.23. The van der Waals surface area contributed by atoms with Gasteiger partial charge in [0.25, 0.3) is 0 Å². The second-order valence-electron chi connectivity index (χ2n) is 3.48. The fourth-order valence-corrected chi connectivity index (χ4v) is 4.24. The minimum absolute atomic E-state index is 0.241. The molecule has 0 fully saturated rings.